The molecule has 0 aliphatic carbocycles. The van der Waals surface area contributed by atoms with Gasteiger partial charge in [-0.3, -0.25) is 9.36 Å². The number of anilines is 1. The van der Waals surface area contributed by atoms with Gasteiger partial charge in [0.1, 0.15) is 12.4 Å². The van der Waals surface area contributed by atoms with Gasteiger partial charge in [-0.05, 0) is 31.9 Å². The van der Waals surface area contributed by atoms with E-state index in [1.165, 1.54) is 14.9 Å². The van der Waals surface area contributed by atoms with Crippen molar-refractivity contribution in [3.05, 3.63) is 46.1 Å². The van der Waals surface area contributed by atoms with Crippen molar-refractivity contribution in [2.75, 3.05) is 31.3 Å². The van der Waals surface area contributed by atoms with E-state index in [4.69, 9.17) is 4.74 Å². The van der Waals surface area contributed by atoms with Gasteiger partial charge >= 0.3 is 11.7 Å². The maximum absolute atomic E-state index is 12.6. The van der Waals surface area contributed by atoms with E-state index in [0.29, 0.717) is 25.2 Å². The fourth-order valence-electron chi connectivity index (χ4n) is 3.72. The maximum Gasteiger partial charge on any atom is 0.346 e. The maximum atomic E-state index is 12.6. The molecular weight excluding hydrogens is 438 g/mol. The lowest BCUT2D eigenvalue weighted by molar-refractivity contribution is -0.117. The van der Waals surface area contributed by atoms with Crippen LogP contribution in [-0.2, 0) is 33.1 Å². The fourth-order valence-corrected chi connectivity index (χ4v) is 4.63. The molecule has 2 heterocycles. The molecular formula is C20H27N5O6S. The number of para-hydroxylation sites is 1. The summed E-state index contributed by atoms with van der Waals surface area (Å²) in [5.41, 5.74) is 0.00126. The van der Waals surface area contributed by atoms with E-state index < -0.39 is 27.6 Å². The second-order valence-corrected chi connectivity index (χ2v) is 9.61. The third-order valence-electron chi connectivity index (χ3n) is 5.28. The molecule has 1 amide bonds. The first-order valence-electron chi connectivity index (χ1n) is 10.3. The molecule has 0 unspecified atom stereocenters. The number of rotatable bonds is 7. The molecule has 1 aliphatic heterocycles. The number of hydrogen-bond acceptors (Lipinski definition) is 7. The van der Waals surface area contributed by atoms with Crippen LogP contribution in [0.2, 0.25) is 0 Å². The average molecular weight is 466 g/mol. The molecule has 32 heavy (non-hydrogen) atoms. The van der Waals surface area contributed by atoms with Crippen molar-refractivity contribution in [3.8, 4) is 0 Å². The van der Waals surface area contributed by atoms with Gasteiger partial charge in [-0.15, -0.1) is 0 Å². The van der Waals surface area contributed by atoms with Crippen LogP contribution in [0.15, 0.2) is 29.1 Å². The highest BCUT2D eigenvalue weighted by molar-refractivity contribution is 7.88. The molecule has 1 saturated heterocycles. The van der Waals surface area contributed by atoms with Crippen molar-refractivity contribution in [2.45, 2.75) is 32.2 Å². The topological polar surface area (TPSA) is 133 Å². The van der Waals surface area contributed by atoms with Gasteiger partial charge in [0.05, 0.1) is 24.1 Å². The first kappa shape index (κ1) is 23.7. The number of benzene rings is 1. The van der Waals surface area contributed by atoms with E-state index in [2.05, 4.69) is 10.4 Å². The lowest BCUT2D eigenvalue weighted by atomic mass is 9.99. The van der Waals surface area contributed by atoms with E-state index in [1.807, 2.05) is 0 Å². The zero-order valence-electron chi connectivity index (χ0n) is 18.3. The van der Waals surface area contributed by atoms with Gasteiger partial charge in [0.15, 0.2) is 0 Å². The van der Waals surface area contributed by atoms with Crippen LogP contribution in [0.1, 0.15) is 41.9 Å². The van der Waals surface area contributed by atoms with E-state index in [9.17, 15) is 22.8 Å². The zero-order chi connectivity index (χ0) is 23.5. The summed E-state index contributed by atoms with van der Waals surface area (Å²) in [4.78, 5) is 37.3. The minimum Gasteiger partial charge on any atom is -0.462 e. The molecule has 2 aromatic rings. The van der Waals surface area contributed by atoms with Gasteiger partial charge in [0, 0.05) is 26.1 Å². The Morgan fingerprint density at radius 2 is 2.00 bits per heavy atom. The predicted octanol–water partition coefficient (Wildman–Crippen LogP) is 0.536. The fraction of sp³-hybridized carbons (Fsp3) is 0.500. The van der Waals surface area contributed by atoms with Crippen LogP contribution >= 0.6 is 0 Å². The zero-order valence-corrected chi connectivity index (χ0v) is 19.1. The van der Waals surface area contributed by atoms with Crippen molar-refractivity contribution in [1.82, 2.24) is 18.7 Å². The Morgan fingerprint density at radius 1 is 1.28 bits per heavy atom. The second kappa shape index (κ2) is 9.65. The number of hydrogen-bond donors (Lipinski definition) is 1. The number of nitrogens with one attached hydrogen (secondary N) is 1. The van der Waals surface area contributed by atoms with Gasteiger partial charge in [-0.1, -0.05) is 12.1 Å². The number of piperidine rings is 1. The summed E-state index contributed by atoms with van der Waals surface area (Å²) >= 11 is 0. The summed E-state index contributed by atoms with van der Waals surface area (Å²) < 4.78 is 32.6. The van der Waals surface area contributed by atoms with E-state index in [1.54, 1.807) is 32.2 Å². The van der Waals surface area contributed by atoms with Gasteiger partial charge in [0.2, 0.25) is 15.9 Å². The average Bonchev–Trinajstić information content (AvgIpc) is 3.02. The largest absolute Gasteiger partial charge is 0.462 e. The SMILES string of the molecule is CCOC(=O)c1ccccc1NC(=O)Cn1nc([C@H]2CCCN(S(C)(=O)=O)C2)n(C)c1=O. The summed E-state index contributed by atoms with van der Waals surface area (Å²) in [5, 5.41) is 6.94. The minimum absolute atomic E-state index is 0.200. The summed E-state index contributed by atoms with van der Waals surface area (Å²) in [6.07, 6.45) is 2.50. The Balaban J connectivity index is 1.76. The Kier molecular flexibility index (Phi) is 7.14. The number of amides is 1. The number of carbonyl (C=O) groups excluding carboxylic acids is 2. The molecule has 0 spiro atoms. The normalized spacial score (nSPS) is 17.2. The Bertz CT molecular complexity index is 1170. The highest BCUT2D eigenvalue weighted by Crippen LogP contribution is 2.26. The molecule has 1 aromatic heterocycles. The predicted molar refractivity (Wildman–Crippen MR) is 117 cm³/mol. The van der Waals surface area contributed by atoms with Crippen LogP contribution in [-0.4, -0.2) is 64.9 Å². The van der Waals surface area contributed by atoms with Crippen LogP contribution in [0.4, 0.5) is 5.69 Å². The second-order valence-electron chi connectivity index (χ2n) is 7.63. The van der Waals surface area contributed by atoms with E-state index in [0.717, 1.165) is 10.9 Å². The molecule has 1 aromatic carbocycles. The molecule has 3 rings (SSSR count). The van der Waals surface area contributed by atoms with Crippen molar-refractivity contribution >= 4 is 27.6 Å². The Hall–Kier alpha value is -2.99. The highest BCUT2D eigenvalue weighted by Gasteiger charge is 2.30. The minimum atomic E-state index is -3.34. The lowest BCUT2D eigenvalue weighted by Crippen LogP contribution is -2.39. The molecule has 174 valence electrons. The number of carbonyl (C=O) groups is 2. The number of ether oxygens (including phenoxy) is 1. The molecule has 0 bridgehead atoms. The first-order chi connectivity index (χ1) is 15.1. The molecule has 1 atom stereocenters. The molecule has 11 nitrogen and oxygen atoms in total. The highest BCUT2D eigenvalue weighted by atomic mass is 32.2. The van der Waals surface area contributed by atoms with Crippen LogP contribution in [0.5, 0.6) is 0 Å². The van der Waals surface area contributed by atoms with Crippen LogP contribution in [0.25, 0.3) is 0 Å². The van der Waals surface area contributed by atoms with Crippen molar-refractivity contribution in [3.63, 3.8) is 0 Å². The van der Waals surface area contributed by atoms with Gasteiger partial charge in [-0.2, -0.15) is 5.10 Å². The monoisotopic (exact) mass is 465 g/mol. The summed E-state index contributed by atoms with van der Waals surface area (Å²) in [6.45, 7) is 2.21. The van der Waals surface area contributed by atoms with Crippen molar-refractivity contribution in [2.24, 2.45) is 7.05 Å². The van der Waals surface area contributed by atoms with Gasteiger partial charge in [-0.25, -0.2) is 27.0 Å². The van der Waals surface area contributed by atoms with Gasteiger partial charge in [0.25, 0.3) is 0 Å². The van der Waals surface area contributed by atoms with Crippen LogP contribution in [0.3, 0.4) is 0 Å². The molecule has 12 heteroatoms. The van der Waals surface area contributed by atoms with Crippen LogP contribution in [0, 0.1) is 0 Å². The molecule has 0 saturated carbocycles. The number of nitrogens with zero attached hydrogens (tertiary/aromatic N) is 4. The Morgan fingerprint density at radius 3 is 2.69 bits per heavy atom. The molecule has 1 aliphatic rings. The third kappa shape index (κ3) is 5.25. The van der Waals surface area contributed by atoms with E-state index >= 15 is 0 Å². The Labute approximate surface area is 186 Å². The molecule has 1 N–H and O–H groups in total. The summed E-state index contributed by atoms with van der Waals surface area (Å²) in [5.74, 6) is -0.906. The van der Waals surface area contributed by atoms with Crippen molar-refractivity contribution in [1.29, 1.82) is 0 Å². The molecule has 0 radical (unpaired) electrons. The molecule has 1 fully saturated rings. The van der Waals surface area contributed by atoms with Gasteiger partial charge < -0.3 is 10.1 Å². The van der Waals surface area contributed by atoms with Crippen molar-refractivity contribution < 1.29 is 22.7 Å². The quantitative estimate of drug-likeness (QED) is 0.590. The van der Waals surface area contributed by atoms with E-state index in [-0.39, 0.29) is 36.9 Å². The lowest BCUT2D eigenvalue weighted by Gasteiger charge is -2.30. The third-order valence-corrected chi connectivity index (χ3v) is 6.55. The van der Waals surface area contributed by atoms with Crippen LogP contribution < -0.4 is 11.0 Å². The summed E-state index contributed by atoms with van der Waals surface area (Å²) in [7, 11) is -1.79. The smallest absolute Gasteiger partial charge is 0.346 e. The number of sulfonamides is 1. The summed E-state index contributed by atoms with van der Waals surface area (Å²) in [6, 6.07) is 6.43. The first-order valence-corrected chi connectivity index (χ1v) is 12.1. The number of aromatic nitrogens is 3. The standard InChI is InChI=1S/C20H27N5O6S/c1-4-31-19(27)15-9-5-6-10-16(15)21-17(26)13-25-20(28)23(2)18(22-25)14-8-7-11-24(12-14)32(3,29)30/h5-6,9-10,14H,4,7-8,11-13H2,1-3H3,(H,21,26)/t14-/m0/s1. The number of esters is 1.